The summed E-state index contributed by atoms with van der Waals surface area (Å²) in [7, 11) is 0. The first-order valence-electron chi connectivity index (χ1n) is 8.84. The van der Waals surface area contributed by atoms with Crippen LogP contribution in [0.4, 0.5) is 5.95 Å². The highest BCUT2D eigenvalue weighted by Gasteiger charge is 2.16. The second kappa shape index (κ2) is 6.66. The van der Waals surface area contributed by atoms with E-state index in [4.69, 9.17) is 10.2 Å². The van der Waals surface area contributed by atoms with Gasteiger partial charge in [-0.2, -0.15) is 4.98 Å². The lowest BCUT2D eigenvalue weighted by Gasteiger charge is -2.09. The predicted molar refractivity (Wildman–Crippen MR) is 104 cm³/mol. The molecule has 0 fully saturated rings. The molecule has 0 unspecified atom stereocenters. The maximum atomic E-state index is 5.94. The van der Waals surface area contributed by atoms with E-state index in [9.17, 15) is 0 Å². The van der Waals surface area contributed by atoms with E-state index in [1.165, 1.54) is 5.56 Å². The summed E-state index contributed by atoms with van der Waals surface area (Å²) in [5.41, 5.74) is 9.02. The molecule has 0 radical (unpaired) electrons. The number of imidazole rings is 2. The van der Waals surface area contributed by atoms with Crippen molar-refractivity contribution in [3.63, 3.8) is 0 Å². The van der Waals surface area contributed by atoms with Crippen molar-refractivity contribution in [1.82, 2.24) is 29.1 Å². The summed E-state index contributed by atoms with van der Waals surface area (Å²) in [5.74, 6) is 1.68. The quantitative estimate of drug-likeness (QED) is 0.510. The van der Waals surface area contributed by atoms with Gasteiger partial charge in [0.25, 0.3) is 0 Å². The monoisotopic (exact) mass is 371 g/mol. The van der Waals surface area contributed by atoms with Crippen molar-refractivity contribution in [2.75, 3.05) is 5.73 Å². The molecule has 0 saturated carbocycles. The minimum Gasteiger partial charge on any atom is -0.463 e. The summed E-state index contributed by atoms with van der Waals surface area (Å²) in [6.07, 6.45) is 7.09. The molecule has 4 heterocycles. The molecule has 0 atom stereocenters. The van der Waals surface area contributed by atoms with Gasteiger partial charge < -0.3 is 19.3 Å². The minimum atomic E-state index is 0.174. The Morgan fingerprint density at radius 1 is 0.929 bits per heavy atom. The molecule has 8 nitrogen and oxygen atoms in total. The van der Waals surface area contributed by atoms with Crippen LogP contribution in [0.5, 0.6) is 0 Å². The van der Waals surface area contributed by atoms with Gasteiger partial charge in [-0.1, -0.05) is 30.3 Å². The van der Waals surface area contributed by atoms with Crippen LogP contribution in [0.3, 0.4) is 0 Å². The van der Waals surface area contributed by atoms with E-state index in [2.05, 4.69) is 36.6 Å². The van der Waals surface area contributed by atoms with Crippen molar-refractivity contribution < 1.29 is 4.42 Å². The molecule has 0 aliphatic heterocycles. The number of benzene rings is 1. The molecular weight excluding hydrogens is 354 g/mol. The number of aromatic nitrogens is 6. The summed E-state index contributed by atoms with van der Waals surface area (Å²) in [5, 5.41) is 0. The molecule has 4 aromatic heterocycles. The first-order chi connectivity index (χ1) is 13.8. The molecular formula is C20H17N7O. The van der Waals surface area contributed by atoms with Gasteiger partial charge in [0, 0.05) is 18.9 Å². The highest BCUT2D eigenvalue weighted by atomic mass is 16.3. The van der Waals surface area contributed by atoms with Gasteiger partial charge in [-0.25, -0.2) is 15.0 Å². The summed E-state index contributed by atoms with van der Waals surface area (Å²) < 4.78 is 9.50. The van der Waals surface area contributed by atoms with Gasteiger partial charge in [-0.15, -0.1) is 0 Å². The molecule has 5 aromatic rings. The fourth-order valence-electron chi connectivity index (χ4n) is 3.23. The molecule has 0 saturated heterocycles. The second-order valence-corrected chi connectivity index (χ2v) is 6.41. The fourth-order valence-corrected chi connectivity index (χ4v) is 3.23. The van der Waals surface area contributed by atoms with E-state index in [1.54, 1.807) is 24.9 Å². The van der Waals surface area contributed by atoms with Gasteiger partial charge in [-0.05, 0) is 17.7 Å². The third-order valence-corrected chi connectivity index (χ3v) is 4.54. The molecule has 8 heteroatoms. The summed E-state index contributed by atoms with van der Waals surface area (Å²) >= 11 is 0. The molecule has 2 N–H and O–H groups in total. The number of nitrogens with two attached hydrogens (primary N) is 1. The highest BCUT2D eigenvalue weighted by Crippen LogP contribution is 2.26. The standard InChI is InChI=1S/C20H17N7O/c21-20-24-17(15-7-4-10-28-15)18-19(25-20)27(13-23-18)12-16-22-8-9-26(16)11-14-5-2-1-3-6-14/h1-10,13H,11-12H2,(H2,21,24,25). The van der Waals surface area contributed by atoms with Crippen LogP contribution in [0.2, 0.25) is 0 Å². The Morgan fingerprint density at radius 3 is 2.64 bits per heavy atom. The Balaban J connectivity index is 1.51. The molecule has 0 bridgehead atoms. The molecule has 0 spiro atoms. The van der Waals surface area contributed by atoms with Crippen LogP contribution in [0.15, 0.2) is 71.9 Å². The smallest absolute Gasteiger partial charge is 0.222 e. The van der Waals surface area contributed by atoms with Crippen LogP contribution < -0.4 is 5.73 Å². The van der Waals surface area contributed by atoms with Gasteiger partial charge in [0.1, 0.15) is 17.0 Å². The minimum absolute atomic E-state index is 0.174. The number of hydrogen-bond acceptors (Lipinski definition) is 6. The van der Waals surface area contributed by atoms with Crippen molar-refractivity contribution in [1.29, 1.82) is 0 Å². The van der Waals surface area contributed by atoms with Gasteiger partial charge in [-0.3, -0.25) is 0 Å². The van der Waals surface area contributed by atoms with Gasteiger partial charge in [0.15, 0.2) is 11.4 Å². The van der Waals surface area contributed by atoms with E-state index in [0.717, 1.165) is 12.4 Å². The number of rotatable bonds is 5. The van der Waals surface area contributed by atoms with Gasteiger partial charge >= 0.3 is 0 Å². The van der Waals surface area contributed by atoms with E-state index in [-0.39, 0.29) is 5.95 Å². The zero-order valence-electron chi connectivity index (χ0n) is 14.9. The van der Waals surface area contributed by atoms with Crippen LogP contribution in [0.25, 0.3) is 22.6 Å². The Labute approximate surface area is 160 Å². The van der Waals surface area contributed by atoms with Crippen LogP contribution in [0, 0.1) is 0 Å². The van der Waals surface area contributed by atoms with Crippen molar-refractivity contribution in [3.8, 4) is 11.5 Å². The van der Waals surface area contributed by atoms with Crippen LogP contribution in [-0.2, 0) is 13.1 Å². The maximum absolute atomic E-state index is 5.94. The first kappa shape index (κ1) is 16.2. The van der Waals surface area contributed by atoms with Gasteiger partial charge in [0.2, 0.25) is 5.95 Å². The van der Waals surface area contributed by atoms with Crippen molar-refractivity contribution >= 4 is 17.1 Å². The highest BCUT2D eigenvalue weighted by molar-refractivity contribution is 5.86. The summed E-state index contributed by atoms with van der Waals surface area (Å²) in [6.45, 7) is 1.27. The van der Waals surface area contributed by atoms with Crippen LogP contribution in [0.1, 0.15) is 11.4 Å². The number of fused-ring (bicyclic) bond motifs is 1. The Bertz CT molecular complexity index is 1220. The third-order valence-electron chi connectivity index (χ3n) is 4.54. The number of nitrogen functional groups attached to an aromatic ring is 1. The number of anilines is 1. The normalized spacial score (nSPS) is 11.3. The van der Waals surface area contributed by atoms with Crippen molar-refractivity contribution in [3.05, 3.63) is 78.8 Å². The molecule has 0 aliphatic carbocycles. The fraction of sp³-hybridized carbons (Fsp3) is 0.100. The predicted octanol–water partition coefficient (Wildman–Crippen LogP) is 2.96. The lowest BCUT2D eigenvalue weighted by atomic mass is 10.2. The van der Waals surface area contributed by atoms with E-state index in [1.807, 2.05) is 35.0 Å². The SMILES string of the molecule is Nc1nc(-c2ccco2)c2ncn(Cc3nccn3Cc3ccccc3)c2n1. The Morgan fingerprint density at radius 2 is 1.82 bits per heavy atom. The van der Waals surface area contributed by atoms with Crippen LogP contribution in [-0.4, -0.2) is 29.1 Å². The molecule has 1 aromatic carbocycles. The van der Waals surface area contributed by atoms with E-state index >= 15 is 0 Å². The van der Waals surface area contributed by atoms with E-state index in [0.29, 0.717) is 29.2 Å². The van der Waals surface area contributed by atoms with Crippen molar-refractivity contribution in [2.45, 2.75) is 13.1 Å². The summed E-state index contributed by atoms with van der Waals surface area (Å²) in [6, 6.07) is 13.9. The second-order valence-electron chi connectivity index (χ2n) is 6.41. The first-order valence-corrected chi connectivity index (χ1v) is 8.84. The van der Waals surface area contributed by atoms with Gasteiger partial charge in [0.05, 0.1) is 19.1 Å². The zero-order valence-corrected chi connectivity index (χ0v) is 14.9. The molecule has 0 amide bonds. The van der Waals surface area contributed by atoms with Crippen molar-refractivity contribution in [2.24, 2.45) is 0 Å². The third kappa shape index (κ3) is 2.90. The topological polar surface area (TPSA) is 101 Å². The molecule has 0 aliphatic rings. The summed E-state index contributed by atoms with van der Waals surface area (Å²) in [4.78, 5) is 17.7. The zero-order chi connectivity index (χ0) is 18.9. The number of hydrogen-bond donors (Lipinski definition) is 1. The lowest BCUT2D eigenvalue weighted by molar-refractivity contribution is 0.580. The Kier molecular flexibility index (Phi) is 3.86. The number of furan rings is 1. The average molecular weight is 371 g/mol. The van der Waals surface area contributed by atoms with Crippen LogP contribution >= 0.6 is 0 Å². The molecule has 138 valence electrons. The van der Waals surface area contributed by atoms with E-state index < -0.39 is 0 Å². The molecule has 5 rings (SSSR count). The largest absolute Gasteiger partial charge is 0.463 e. The number of nitrogens with zero attached hydrogens (tertiary/aromatic N) is 6. The lowest BCUT2D eigenvalue weighted by Crippen LogP contribution is -2.09. The molecule has 28 heavy (non-hydrogen) atoms. The maximum Gasteiger partial charge on any atom is 0.222 e. The Hall–Kier alpha value is -3.94. The average Bonchev–Trinajstić information content (AvgIpc) is 3.45.